The van der Waals surface area contributed by atoms with Gasteiger partial charge in [-0.25, -0.2) is 4.98 Å². The van der Waals surface area contributed by atoms with Gasteiger partial charge in [0.05, 0.1) is 17.0 Å². The van der Waals surface area contributed by atoms with Gasteiger partial charge in [0.2, 0.25) is 0 Å². The van der Waals surface area contributed by atoms with Gasteiger partial charge in [0.25, 0.3) is 0 Å². The molecule has 0 radical (unpaired) electrons. The fourth-order valence-electron chi connectivity index (χ4n) is 2.22. The van der Waals surface area contributed by atoms with Gasteiger partial charge in [-0.05, 0) is 6.07 Å². The highest BCUT2D eigenvalue weighted by Crippen LogP contribution is 2.31. The number of benzene rings is 1. The van der Waals surface area contributed by atoms with Crippen molar-refractivity contribution in [2.45, 2.75) is 19.0 Å². The van der Waals surface area contributed by atoms with E-state index in [2.05, 4.69) is 9.55 Å². The van der Waals surface area contributed by atoms with Crippen molar-refractivity contribution < 1.29 is 0 Å². The van der Waals surface area contributed by atoms with Crippen LogP contribution in [-0.4, -0.2) is 15.6 Å². The van der Waals surface area contributed by atoms with Crippen LogP contribution in [-0.2, 0) is 13.0 Å². The van der Waals surface area contributed by atoms with Crippen molar-refractivity contribution in [1.82, 2.24) is 9.55 Å². The smallest absolute Gasteiger partial charge is 0.0956 e. The molecule has 1 aromatic heterocycles. The number of rotatable bonds is 1. The second-order valence-corrected chi connectivity index (χ2v) is 4.54. The van der Waals surface area contributed by atoms with Crippen LogP contribution < -0.4 is 5.73 Å². The van der Waals surface area contributed by atoms with Crippen molar-refractivity contribution in [2.75, 3.05) is 0 Å². The third-order valence-electron chi connectivity index (χ3n) is 2.96. The molecule has 0 saturated heterocycles. The average Bonchev–Trinajstić information content (AvgIpc) is 2.78. The zero-order valence-electron chi connectivity index (χ0n) is 8.73. The molecule has 1 aromatic carbocycles. The Morgan fingerprint density at radius 3 is 3.00 bits per heavy atom. The molecule has 1 aliphatic rings. The SMILES string of the molecule is NC1Cc2c(-c3ccccc3Cl)ncn2C1. The van der Waals surface area contributed by atoms with Crippen LogP contribution in [0.1, 0.15) is 5.69 Å². The van der Waals surface area contributed by atoms with Crippen LogP contribution in [0.5, 0.6) is 0 Å². The van der Waals surface area contributed by atoms with Crippen LogP contribution in [0, 0.1) is 0 Å². The topological polar surface area (TPSA) is 43.8 Å². The maximum Gasteiger partial charge on any atom is 0.0956 e. The van der Waals surface area contributed by atoms with E-state index in [4.69, 9.17) is 17.3 Å². The Bertz CT molecular complexity index is 533. The van der Waals surface area contributed by atoms with Crippen molar-refractivity contribution in [1.29, 1.82) is 0 Å². The number of halogens is 1. The molecule has 2 aromatic rings. The molecule has 0 amide bonds. The zero-order valence-corrected chi connectivity index (χ0v) is 9.48. The lowest BCUT2D eigenvalue weighted by Gasteiger charge is -2.03. The Balaban J connectivity index is 2.12. The highest BCUT2D eigenvalue weighted by Gasteiger charge is 2.23. The van der Waals surface area contributed by atoms with E-state index in [0.29, 0.717) is 0 Å². The summed E-state index contributed by atoms with van der Waals surface area (Å²) in [6.07, 6.45) is 2.72. The number of fused-ring (bicyclic) bond motifs is 1. The van der Waals surface area contributed by atoms with Crippen molar-refractivity contribution in [3.63, 3.8) is 0 Å². The number of hydrogen-bond acceptors (Lipinski definition) is 2. The lowest BCUT2D eigenvalue weighted by molar-refractivity contribution is 0.636. The lowest BCUT2D eigenvalue weighted by Crippen LogP contribution is -2.20. The van der Waals surface area contributed by atoms with E-state index in [0.717, 1.165) is 29.2 Å². The summed E-state index contributed by atoms with van der Waals surface area (Å²) in [6.45, 7) is 0.854. The van der Waals surface area contributed by atoms with Crippen LogP contribution in [0.3, 0.4) is 0 Å². The average molecular weight is 234 g/mol. The van der Waals surface area contributed by atoms with E-state index in [-0.39, 0.29) is 6.04 Å². The zero-order chi connectivity index (χ0) is 11.1. The summed E-state index contributed by atoms with van der Waals surface area (Å²) in [5.41, 5.74) is 9.09. The summed E-state index contributed by atoms with van der Waals surface area (Å²) in [5, 5.41) is 0.740. The highest BCUT2D eigenvalue weighted by atomic mass is 35.5. The Morgan fingerprint density at radius 1 is 1.38 bits per heavy atom. The van der Waals surface area contributed by atoms with Crippen LogP contribution >= 0.6 is 11.6 Å². The molecule has 0 bridgehead atoms. The Kier molecular flexibility index (Phi) is 2.23. The van der Waals surface area contributed by atoms with Crippen LogP contribution in [0.4, 0.5) is 0 Å². The van der Waals surface area contributed by atoms with Gasteiger partial charge in [0, 0.05) is 30.3 Å². The van der Waals surface area contributed by atoms with Gasteiger partial charge < -0.3 is 10.3 Å². The Labute approximate surface area is 98.9 Å². The first kappa shape index (κ1) is 9.87. The molecule has 0 saturated carbocycles. The van der Waals surface area contributed by atoms with Crippen molar-refractivity contribution in [3.8, 4) is 11.3 Å². The maximum absolute atomic E-state index is 6.17. The summed E-state index contributed by atoms with van der Waals surface area (Å²) in [6, 6.07) is 7.99. The molecule has 2 N–H and O–H groups in total. The van der Waals surface area contributed by atoms with E-state index in [9.17, 15) is 0 Å². The first-order chi connectivity index (χ1) is 7.75. The molecule has 4 heteroatoms. The van der Waals surface area contributed by atoms with Crippen molar-refractivity contribution in [2.24, 2.45) is 5.73 Å². The number of nitrogens with two attached hydrogens (primary N) is 1. The molecule has 2 heterocycles. The molecule has 3 rings (SSSR count). The maximum atomic E-state index is 6.17. The fourth-order valence-corrected chi connectivity index (χ4v) is 2.45. The lowest BCUT2D eigenvalue weighted by atomic mass is 10.1. The summed E-state index contributed by atoms with van der Waals surface area (Å²) >= 11 is 6.17. The largest absolute Gasteiger partial charge is 0.332 e. The van der Waals surface area contributed by atoms with Gasteiger partial charge in [-0.1, -0.05) is 29.8 Å². The Hall–Kier alpha value is -1.32. The first-order valence-corrected chi connectivity index (χ1v) is 5.68. The molecular formula is C12H12ClN3. The number of aromatic nitrogens is 2. The summed E-state index contributed by atoms with van der Waals surface area (Å²) < 4.78 is 2.11. The van der Waals surface area contributed by atoms with E-state index in [1.54, 1.807) is 0 Å². The minimum Gasteiger partial charge on any atom is -0.332 e. The molecule has 1 atom stereocenters. The van der Waals surface area contributed by atoms with Gasteiger partial charge >= 0.3 is 0 Å². The third kappa shape index (κ3) is 1.44. The molecule has 0 fully saturated rings. The summed E-state index contributed by atoms with van der Waals surface area (Å²) in [4.78, 5) is 4.43. The molecular weight excluding hydrogens is 222 g/mol. The van der Waals surface area contributed by atoms with E-state index >= 15 is 0 Å². The van der Waals surface area contributed by atoms with Gasteiger partial charge in [-0.15, -0.1) is 0 Å². The van der Waals surface area contributed by atoms with Gasteiger partial charge in [-0.3, -0.25) is 0 Å². The van der Waals surface area contributed by atoms with E-state index in [1.807, 2.05) is 30.6 Å². The predicted molar refractivity (Wildman–Crippen MR) is 64.4 cm³/mol. The fraction of sp³-hybridized carbons (Fsp3) is 0.250. The summed E-state index contributed by atoms with van der Waals surface area (Å²) in [7, 11) is 0. The molecule has 1 aliphatic heterocycles. The van der Waals surface area contributed by atoms with E-state index < -0.39 is 0 Å². The van der Waals surface area contributed by atoms with Crippen LogP contribution in [0.2, 0.25) is 5.02 Å². The first-order valence-electron chi connectivity index (χ1n) is 5.30. The third-order valence-corrected chi connectivity index (χ3v) is 3.29. The van der Waals surface area contributed by atoms with Gasteiger partial charge in [-0.2, -0.15) is 0 Å². The highest BCUT2D eigenvalue weighted by molar-refractivity contribution is 6.33. The van der Waals surface area contributed by atoms with Crippen LogP contribution in [0.15, 0.2) is 30.6 Å². The Morgan fingerprint density at radius 2 is 2.19 bits per heavy atom. The van der Waals surface area contributed by atoms with Crippen molar-refractivity contribution >= 4 is 11.6 Å². The standard InChI is InChI=1S/C12H12ClN3/c13-10-4-2-1-3-9(10)12-11-5-8(14)6-16(11)7-15-12/h1-4,7-8H,5-6,14H2. The van der Waals surface area contributed by atoms with Gasteiger partial charge in [0.15, 0.2) is 0 Å². The van der Waals surface area contributed by atoms with Gasteiger partial charge in [0.1, 0.15) is 0 Å². The van der Waals surface area contributed by atoms with Crippen molar-refractivity contribution in [3.05, 3.63) is 41.3 Å². The van der Waals surface area contributed by atoms with Crippen LogP contribution in [0.25, 0.3) is 11.3 Å². The minimum atomic E-state index is 0.208. The number of imidazole rings is 1. The molecule has 16 heavy (non-hydrogen) atoms. The minimum absolute atomic E-state index is 0.208. The normalized spacial score (nSPS) is 18.8. The number of hydrogen-bond donors (Lipinski definition) is 1. The predicted octanol–water partition coefficient (Wildman–Crippen LogP) is 2.09. The molecule has 82 valence electrons. The second-order valence-electron chi connectivity index (χ2n) is 4.14. The molecule has 3 nitrogen and oxygen atoms in total. The molecule has 0 spiro atoms. The molecule has 1 unspecified atom stereocenters. The quantitative estimate of drug-likeness (QED) is 0.820. The second kappa shape index (κ2) is 3.61. The monoisotopic (exact) mass is 233 g/mol. The van der Waals surface area contributed by atoms with E-state index in [1.165, 1.54) is 5.69 Å². The molecule has 0 aliphatic carbocycles. The number of nitrogens with zero attached hydrogens (tertiary/aromatic N) is 2. The summed E-state index contributed by atoms with van der Waals surface area (Å²) in [5.74, 6) is 0.